The SMILES string of the molecule is C/C=C/c1ccc(OCCCCn2c(C(C)NC(=O)Cc3ccc(OC)c(OC)c3)nc3ccccc32)c(OC)c1. The van der Waals surface area contributed by atoms with Crippen molar-refractivity contribution in [3.8, 4) is 23.0 Å². The molecule has 41 heavy (non-hydrogen) atoms. The number of unbranched alkanes of at least 4 members (excludes halogenated alkanes) is 1. The van der Waals surface area contributed by atoms with Gasteiger partial charge in [-0.1, -0.05) is 36.4 Å². The van der Waals surface area contributed by atoms with Gasteiger partial charge in [0.15, 0.2) is 23.0 Å². The highest BCUT2D eigenvalue weighted by molar-refractivity contribution is 5.80. The highest BCUT2D eigenvalue weighted by Crippen LogP contribution is 2.30. The molecular weight excluding hydrogens is 518 g/mol. The van der Waals surface area contributed by atoms with Crippen LogP contribution in [-0.2, 0) is 17.8 Å². The molecule has 1 aromatic heterocycles. The van der Waals surface area contributed by atoms with Crippen molar-refractivity contribution in [2.45, 2.75) is 45.7 Å². The summed E-state index contributed by atoms with van der Waals surface area (Å²) in [5.41, 5.74) is 3.87. The number of hydrogen-bond acceptors (Lipinski definition) is 6. The quantitative estimate of drug-likeness (QED) is 0.181. The Labute approximate surface area is 241 Å². The third-order valence-electron chi connectivity index (χ3n) is 6.84. The van der Waals surface area contributed by atoms with E-state index in [4.69, 9.17) is 23.9 Å². The van der Waals surface area contributed by atoms with E-state index in [-0.39, 0.29) is 18.4 Å². The summed E-state index contributed by atoms with van der Waals surface area (Å²) in [4.78, 5) is 17.8. The monoisotopic (exact) mass is 557 g/mol. The van der Waals surface area contributed by atoms with E-state index in [9.17, 15) is 4.79 Å². The first-order chi connectivity index (χ1) is 20.0. The molecule has 4 rings (SSSR count). The molecule has 0 bridgehead atoms. The van der Waals surface area contributed by atoms with Crippen LogP contribution in [0, 0.1) is 0 Å². The fourth-order valence-corrected chi connectivity index (χ4v) is 4.85. The zero-order valence-electron chi connectivity index (χ0n) is 24.5. The number of carbonyl (C=O) groups excluding carboxylic acids is 1. The number of amides is 1. The van der Waals surface area contributed by atoms with Gasteiger partial charge in [-0.3, -0.25) is 4.79 Å². The molecule has 1 unspecified atom stereocenters. The number of aromatic nitrogens is 2. The standard InChI is InChI=1S/C33H39N3O5/c1-6-11-24-14-17-29(31(20-24)40-5)41-19-10-9-18-36-27-13-8-7-12-26(27)35-33(36)23(2)34-32(37)22-25-15-16-28(38-3)30(21-25)39-4/h6-8,11-17,20-21,23H,9-10,18-19,22H2,1-5H3,(H,34,37)/b11-6+. The second kappa shape index (κ2) is 14.3. The Hall–Kier alpha value is -4.46. The summed E-state index contributed by atoms with van der Waals surface area (Å²) in [6.45, 7) is 5.28. The summed E-state index contributed by atoms with van der Waals surface area (Å²) >= 11 is 0. The average molecular weight is 558 g/mol. The lowest BCUT2D eigenvalue weighted by molar-refractivity contribution is -0.121. The number of ether oxygens (including phenoxy) is 4. The number of benzene rings is 3. The molecule has 0 aliphatic carbocycles. The number of para-hydroxylation sites is 2. The molecule has 0 fully saturated rings. The minimum Gasteiger partial charge on any atom is -0.493 e. The fraction of sp³-hybridized carbons (Fsp3) is 0.333. The Morgan fingerprint density at radius 1 is 0.927 bits per heavy atom. The third-order valence-corrected chi connectivity index (χ3v) is 6.84. The van der Waals surface area contributed by atoms with E-state index in [0.717, 1.165) is 58.9 Å². The first-order valence-electron chi connectivity index (χ1n) is 13.9. The summed E-state index contributed by atoms with van der Waals surface area (Å²) < 4.78 is 24.4. The van der Waals surface area contributed by atoms with Crippen LogP contribution >= 0.6 is 0 Å². The molecule has 0 radical (unpaired) electrons. The smallest absolute Gasteiger partial charge is 0.224 e. The van der Waals surface area contributed by atoms with Crippen LogP contribution in [0.25, 0.3) is 17.1 Å². The Kier molecular flexibility index (Phi) is 10.3. The molecule has 1 N–H and O–H groups in total. The second-order valence-electron chi connectivity index (χ2n) is 9.73. The van der Waals surface area contributed by atoms with Crippen LogP contribution in [0.15, 0.2) is 66.7 Å². The van der Waals surface area contributed by atoms with Crippen LogP contribution in [0.2, 0.25) is 0 Å². The van der Waals surface area contributed by atoms with E-state index in [1.54, 1.807) is 21.3 Å². The Morgan fingerprint density at radius 2 is 1.66 bits per heavy atom. The molecule has 3 aromatic carbocycles. The number of nitrogens with zero attached hydrogens (tertiary/aromatic N) is 2. The Bertz CT molecular complexity index is 1490. The van der Waals surface area contributed by atoms with Gasteiger partial charge >= 0.3 is 0 Å². The van der Waals surface area contributed by atoms with E-state index in [2.05, 4.69) is 16.0 Å². The normalized spacial score (nSPS) is 11.9. The predicted octanol–water partition coefficient (Wildman–Crippen LogP) is 6.37. The summed E-state index contributed by atoms with van der Waals surface area (Å²) in [6.07, 6.45) is 5.98. The first kappa shape index (κ1) is 29.5. The summed E-state index contributed by atoms with van der Waals surface area (Å²) in [7, 11) is 4.83. The third kappa shape index (κ3) is 7.39. The molecule has 1 atom stereocenters. The molecule has 216 valence electrons. The van der Waals surface area contributed by atoms with Crippen LogP contribution in [0.5, 0.6) is 23.0 Å². The summed E-state index contributed by atoms with van der Waals surface area (Å²) in [6, 6.07) is 19.2. The minimum absolute atomic E-state index is 0.0916. The maximum Gasteiger partial charge on any atom is 0.224 e. The van der Waals surface area contributed by atoms with Crippen molar-refractivity contribution in [2.75, 3.05) is 27.9 Å². The number of aryl methyl sites for hydroxylation is 1. The van der Waals surface area contributed by atoms with E-state index >= 15 is 0 Å². The number of hydrogen-bond donors (Lipinski definition) is 1. The number of allylic oxidation sites excluding steroid dienone is 1. The molecule has 0 saturated carbocycles. The second-order valence-corrected chi connectivity index (χ2v) is 9.73. The van der Waals surface area contributed by atoms with E-state index in [0.29, 0.717) is 18.1 Å². The zero-order valence-corrected chi connectivity index (χ0v) is 24.5. The van der Waals surface area contributed by atoms with E-state index in [1.807, 2.05) is 80.6 Å². The lowest BCUT2D eigenvalue weighted by Crippen LogP contribution is -2.30. The predicted molar refractivity (Wildman–Crippen MR) is 162 cm³/mol. The number of fused-ring (bicyclic) bond motifs is 1. The van der Waals surface area contributed by atoms with Crippen molar-refractivity contribution in [3.63, 3.8) is 0 Å². The van der Waals surface area contributed by atoms with Crippen molar-refractivity contribution in [1.82, 2.24) is 14.9 Å². The lowest BCUT2D eigenvalue weighted by Gasteiger charge is -2.17. The summed E-state index contributed by atoms with van der Waals surface area (Å²) in [5.74, 6) is 3.42. The molecule has 1 amide bonds. The van der Waals surface area contributed by atoms with Gasteiger partial charge in [-0.15, -0.1) is 0 Å². The molecule has 0 aliphatic rings. The average Bonchev–Trinajstić information content (AvgIpc) is 3.36. The van der Waals surface area contributed by atoms with Gasteiger partial charge in [0, 0.05) is 6.54 Å². The van der Waals surface area contributed by atoms with Crippen molar-refractivity contribution in [1.29, 1.82) is 0 Å². The molecule has 0 saturated heterocycles. The molecule has 8 heteroatoms. The molecule has 1 heterocycles. The van der Waals surface area contributed by atoms with Gasteiger partial charge in [0.25, 0.3) is 0 Å². The molecule has 0 spiro atoms. The van der Waals surface area contributed by atoms with E-state index < -0.39 is 0 Å². The Balaban J connectivity index is 1.38. The van der Waals surface area contributed by atoms with Crippen LogP contribution in [0.3, 0.4) is 0 Å². The van der Waals surface area contributed by atoms with Crippen LogP contribution < -0.4 is 24.3 Å². The van der Waals surface area contributed by atoms with Gasteiger partial charge in [0.2, 0.25) is 5.91 Å². The van der Waals surface area contributed by atoms with Crippen LogP contribution in [0.4, 0.5) is 0 Å². The highest BCUT2D eigenvalue weighted by Gasteiger charge is 2.19. The van der Waals surface area contributed by atoms with Gasteiger partial charge in [0.1, 0.15) is 5.82 Å². The van der Waals surface area contributed by atoms with Crippen LogP contribution in [0.1, 0.15) is 49.7 Å². The zero-order chi connectivity index (χ0) is 29.2. The van der Waals surface area contributed by atoms with Crippen molar-refractivity contribution in [3.05, 3.63) is 83.7 Å². The van der Waals surface area contributed by atoms with E-state index in [1.165, 1.54) is 0 Å². The molecule has 8 nitrogen and oxygen atoms in total. The lowest BCUT2D eigenvalue weighted by atomic mass is 10.1. The van der Waals surface area contributed by atoms with Gasteiger partial charge in [-0.2, -0.15) is 0 Å². The van der Waals surface area contributed by atoms with Crippen molar-refractivity contribution in [2.24, 2.45) is 0 Å². The maximum absolute atomic E-state index is 13.0. The van der Waals surface area contributed by atoms with Gasteiger partial charge in [-0.25, -0.2) is 4.98 Å². The van der Waals surface area contributed by atoms with Gasteiger partial charge in [0.05, 0.1) is 51.4 Å². The van der Waals surface area contributed by atoms with Crippen molar-refractivity contribution >= 4 is 23.0 Å². The molecule has 4 aromatic rings. The Morgan fingerprint density at radius 3 is 2.41 bits per heavy atom. The van der Waals surface area contributed by atoms with Crippen molar-refractivity contribution < 1.29 is 23.7 Å². The fourth-order valence-electron chi connectivity index (χ4n) is 4.85. The largest absolute Gasteiger partial charge is 0.493 e. The topological polar surface area (TPSA) is 83.8 Å². The highest BCUT2D eigenvalue weighted by atomic mass is 16.5. The van der Waals surface area contributed by atoms with Gasteiger partial charge in [-0.05, 0) is 74.2 Å². The number of methoxy groups -OCH3 is 3. The molecular formula is C33H39N3O5. The van der Waals surface area contributed by atoms with Crippen LogP contribution in [-0.4, -0.2) is 43.4 Å². The number of carbonyl (C=O) groups is 1. The number of rotatable bonds is 14. The number of nitrogens with one attached hydrogen (secondary N) is 1. The molecule has 0 aliphatic heterocycles. The van der Waals surface area contributed by atoms with Gasteiger partial charge < -0.3 is 28.8 Å². The number of imidazole rings is 1. The maximum atomic E-state index is 13.0. The minimum atomic E-state index is -0.272. The first-order valence-corrected chi connectivity index (χ1v) is 13.9. The summed E-state index contributed by atoms with van der Waals surface area (Å²) in [5, 5.41) is 3.12.